The number of amides is 1. The summed E-state index contributed by atoms with van der Waals surface area (Å²) >= 11 is 0. The molecular formula is C20H28N6O2. The summed E-state index contributed by atoms with van der Waals surface area (Å²) in [5.41, 5.74) is 8.32. The molecule has 1 fully saturated rings. The topological polar surface area (TPSA) is 115 Å². The summed E-state index contributed by atoms with van der Waals surface area (Å²) < 4.78 is 1.48. The third-order valence-electron chi connectivity index (χ3n) is 5.38. The van der Waals surface area contributed by atoms with Gasteiger partial charge in [0, 0.05) is 31.2 Å². The van der Waals surface area contributed by atoms with Crippen molar-refractivity contribution in [1.82, 2.24) is 19.9 Å². The van der Waals surface area contributed by atoms with E-state index in [1.54, 1.807) is 33.2 Å². The van der Waals surface area contributed by atoms with E-state index in [9.17, 15) is 9.59 Å². The van der Waals surface area contributed by atoms with Gasteiger partial charge < -0.3 is 16.4 Å². The number of nitrogens with two attached hydrogens (primary N) is 1. The Hall–Kier alpha value is -2.90. The summed E-state index contributed by atoms with van der Waals surface area (Å²) in [5, 5.41) is 5.75. The normalized spacial score (nSPS) is 13.8. The van der Waals surface area contributed by atoms with Gasteiger partial charge in [-0.25, -0.2) is 9.97 Å². The summed E-state index contributed by atoms with van der Waals surface area (Å²) in [7, 11) is 1.59. The summed E-state index contributed by atoms with van der Waals surface area (Å²) in [4.78, 5) is 33.5. The van der Waals surface area contributed by atoms with Gasteiger partial charge in [-0.05, 0) is 37.8 Å². The van der Waals surface area contributed by atoms with Crippen LogP contribution in [0.4, 0.5) is 11.5 Å². The largest absolute Gasteiger partial charge is 0.396 e. The Labute approximate surface area is 164 Å². The number of pyridine rings is 1. The fourth-order valence-corrected chi connectivity index (χ4v) is 3.37. The molecule has 1 amide bonds. The predicted molar refractivity (Wildman–Crippen MR) is 110 cm³/mol. The Kier molecular flexibility index (Phi) is 5.96. The van der Waals surface area contributed by atoms with Gasteiger partial charge in [0.15, 0.2) is 11.6 Å². The van der Waals surface area contributed by atoms with Crippen LogP contribution >= 0.6 is 0 Å². The molecule has 8 heteroatoms. The van der Waals surface area contributed by atoms with Crippen LogP contribution in [-0.2, 0) is 11.2 Å². The van der Waals surface area contributed by atoms with Crippen molar-refractivity contribution in [3.05, 3.63) is 39.6 Å². The molecule has 0 spiro atoms. The van der Waals surface area contributed by atoms with Crippen LogP contribution < -0.4 is 21.9 Å². The van der Waals surface area contributed by atoms with Gasteiger partial charge in [0.25, 0.3) is 5.56 Å². The summed E-state index contributed by atoms with van der Waals surface area (Å²) in [6.45, 7) is 4.32. The lowest BCUT2D eigenvalue weighted by molar-refractivity contribution is -0.119. The number of nitrogens with one attached hydrogen (secondary N) is 2. The number of carbonyl (C=O) groups is 1. The van der Waals surface area contributed by atoms with Crippen molar-refractivity contribution < 1.29 is 4.79 Å². The van der Waals surface area contributed by atoms with Crippen molar-refractivity contribution in [2.75, 3.05) is 24.6 Å². The zero-order chi connectivity index (χ0) is 20.3. The first-order valence-corrected chi connectivity index (χ1v) is 9.70. The molecule has 2 aromatic rings. The molecule has 1 aliphatic rings. The number of anilines is 2. The van der Waals surface area contributed by atoms with Crippen LogP contribution in [0.1, 0.15) is 42.6 Å². The van der Waals surface area contributed by atoms with Gasteiger partial charge in [-0.15, -0.1) is 0 Å². The van der Waals surface area contributed by atoms with E-state index in [1.165, 1.54) is 23.8 Å². The van der Waals surface area contributed by atoms with E-state index >= 15 is 0 Å². The van der Waals surface area contributed by atoms with Crippen molar-refractivity contribution in [3.8, 4) is 5.82 Å². The van der Waals surface area contributed by atoms with E-state index in [1.807, 2.05) is 0 Å². The minimum Gasteiger partial charge on any atom is -0.396 e. The lowest BCUT2D eigenvalue weighted by atomic mass is 9.83. The quantitative estimate of drug-likeness (QED) is 0.669. The minimum absolute atomic E-state index is 0.118. The molecule has 4 N–H and O–H groups in total. The molecule has 8 nitrogen and oxygen atoms in total. The van der Waals surface area contributed by atoms with Crippen LogP contribution in [0.5, 0.6) is 0 Å². The number of aryl methyl sites for hydroxylation is 2. The standard InChI is InChI=1S/C20H28N6O2/c1-12-11-24-18(23-8-7-14-5-4-6-14)20(28)26(12)19-16(21)9-15(13(2)25-19)10-17(27)22-3/h9,11,14H,4-8,10,21H2,1-3H3,(H,22,27)(H,23,24). The molecule has 1 aliphatic carbocycles. The van der Waals surface area contributed by atoms with Crippen LogP contribution in [0.3, 0.4) is 0 Å². The monoisotopic (exact) mass is 384 g/mol. The van der Waals surface area contributed by atoms with Crippen LogP contribution in [0.15, 0.2) is 17.1 Å². The summed E-state index contributed by atoms with van der Waals surface area (Å²) in [5.74, 6) is 1.31. The van der Waals surface area contributed by atoms with Gasteiger partial charge in [0.1, 0.15) is 0 Å². The van der Waals surface area contributed by atoms with Crippen LogP contribution in [0.25, 0.3) is 5.82 Å². The van der Waals surface area contributed by atoms with E-state index in [4.69, 9.17) is 5.73 Å². The van der Waals surface area contributed by atoms with Crippen molar-refractivity contribution in [1.29, 1.82) is 0 Å². The molecule has 3 rings (SSSR count). The molecule has 0 aliphatic heterocycles. The Morgan fingerprint density at radius 1 is 1.36 bits per heavy atom. The van der Waals surface area contributed by atoms with E-state index in [2.05, 4.69) is 20.6 Å². The second-order valence-electron chi connectivity index (χ2n) is 7.40. The number of rotatable bonds is 7. The van der Waals surface area contributed by atoms with Crippen molar-refractivity contribution in [3.63, 3.8) is 0 Å². The Balaban J connectivity index is 1.89. The second-order valence-corrected chi connectivity index (χ2v) is 7.40. The van der Waals surface area contributed by atoms with Crippen LogP contribution in [-0.4, -0.2) is 34.0 Å². The summed E-state index contributed by atoms with van der Waals surface area (Å²) in [6, 6.07) is 1.71. The Bertz CT molecular complexity index is 933. The first kappa shape index (κ1) is 19.9. The lowest BCUT2D eigenvalue weighted by Crippen LogP contribution is -2.28. The third-order valence-corrected chi connectivity index (χ3v) is 5.38. The first-order valence-electron chi connectivity index (χ1n) is 9.70. The summed E-state index contributed by atoms with van der Waals surface area (Å²) in [6.07, 6.45) is 6.73. The molecular weight excluding hydrogens is 356 g/mol. The van der Waals surface area contributed by atoms with Gasteiger partial charge in [0.05, 0.1) is 12.1 Å². The molecule has 28 heavy (non-hydrogen) atoms. The molecule has 0 aromatic carbocycles. The molecule has 0 radical (unpaired) electrons. The van der Waals surface area contributed by atoms with E-state index in [0.717, 1.165) is 24.4 Å². The number of hydrogen-bond donors (Lipinski definition) is 3. The van der Waals surface area contributed by atoms with E-state index in [-0.39, 0.29) is 17.9 Å². The minimum atomic E-state index is -0.272. The maximum Gasteiger partial charge on any atom is 0.299 e. The van der Waals surface area contributed by atoms with Crippen molar-refractivity contribution in [2.45, 2.75) is 46.0 Å². The molecule has 0 atom stereocenters. The number of hydrogen-bond acceptors (Lipinski definition) is 6. The maximum atomic E-state index is 13.0. The van der Waals surface area contributed by atoms with Gasteiger partial charge in [0.2, 0.25) is 5.91 Å². The highest BCUT2D eigenvalue weighted by molar-refractivity contribution is 5.79. The van der Waals surface area contributed by atoms with Gasteiger partial charge in [-0.2, -0.15) is 0 Å². The third kappa shape index (κ3) is 4.16. The SMILES string of the molecule is CNC(=O)Cc1cc(N)c(-n2c(C)cnc(NCCC3CCC3)c2=O)nc1C. The van der Waals surface area contributed by atoms with Crippen LogP contribution in [0.2, 0.25) is 0 Å². The van der Waals surface area contributed by atoms with Crippen LogP contribution in [0, 0.1) is 19.8 Å². The fraction of sp³-hybridized carbons (Fsp3) is 0.500. The Morgan fingerprint density at radius 2 is 2.11 bits per heavy atom. The predicted octanol–water partition coefficient (Wildman–Crippen LogP) is 1.72. The molecule has 0 unspecified atom stereocenters. The average molecular weight is 384 g/mol. The molecule has 2 heterocycles. The van der Waals surface area contributed by atoms with Gasteiger partial charge >= 0.3 is 0 Å². The van der Waals surface area contributed by atoms with E-state index < -0.39 is 0 Å². The zero-order valence-corrected chi connectivity index (χ0v) is 16.7. The first-order chi connectivity index (χ1) is 13.4. The molecule has 2 aromatic heterocycles. The molecule has 150 valence electrons. The lowest BCUT2D eigenvalue weighted by Gasteiger charge is -2.25. The Morgan fingerprint density at radius 3 is 2.75 bits per heavy atom. The smallest absolute Gasteiger partial charge is 0.299 e. The highest BCUT2D eigenvalue weighted by Gasteiger charge is 2.18. The molecule has 1 saturated carbocycles. The number of nitrogen functional groups attached to an aromatic ring is 1. The van der Waals surface area contributed by atoms with Crippen molar-refractivity contribution >= 4 is 17.4 Å². The second kappa shape index (κ2) is 8.41. The molecule has 0 bridgehead atoms. The number of aromatic nitrogens is 3. The number of carbonyl (C=O) groups excluding carboxylic acids is 1. The number of nitrogens with zero attached hydrogens (tertiary/aromatic N) is 3. The highest BCUT2D eigenvalue weighted by atomic mass is 16.1. The number of likely N-dealkylation sites (N-methyl/N-ethyl adjacent to an activating group) is 1. The van der Waals surface area contributed by atoms with Gasteiger partial charge in [-0.3, -0.25) is 14.2 Å². The van der Waals surface area contributed by atoms with E-state index in [0.29, 0.717) is 28.7 Å². The van der Waals surface area contributed by atoms with Gasteiger partial charge in [-0.1, -0.05) is 19.3 Å². The zero-order valence-electron chi connectivity index (χ0n) is 16.7. The maximum absolute atomic E-state index is 13.0. The highest BCUT2D eigenvalue weighted by Crippen LogP contribution is 2.29. The molecule has 0 saturated heterocycles. The average Bonchev–Trinajstić information content (AvgIpc) is 2.62. The van der Waals surface area contributed by atoms with Crippen molar-refractivity contribution in [2.24, 2.45) is 5.92 Å². The fourth-order valence-electron chi connectivity index (χ4n) is 3.37.